The van der Waals surface area contributed by atoms with Crippen molar-refractivity contribution in [1.29, 1.82) is 0 Å². The zero-order valence-electron chi connectivity index (χ0n) is 23.6. The van der Waals surface area contributed by atoms with E-state index in [4.69, 9.17) is 14.2 Å². The van der Waals surface area contributed by atoms with Gasteiger partial charge in [-0.2, -0.15) is 0 Å². The van der Waals surface area contributed by atoms with E-state index >= 15 is 0 Å². The smallest absolute Gasteiger partial charge is 0.344 e. The molecule has 0 aromatic heterocycles. The highest BCUT2D eigenvalue weighted by atomic mass is 16.5. The van der Waals surface area contributed by atoms with Crippen LogP contribution in [0.3, 0.4) is 0 Å². The quantitative estimate of drug-likeness (QED) is 0.105. The van der Waals surface area contributed by atoms with Crippen LogP contribution in [0, 0.1) is 0 Å². The molecule has 5 heteroatoms. The van der Waals surface area contributed by atoms with Crippen molar-refractivity contribution in [3.8, 4) is 28.4 Å². The highest BCUT2D eigenvalue weighted by Crippen LogP contribution is 2.28. The molecule has 0 spiro atoms. The van der Waals surface area contributed by atoms with Crippen LogP contribution in [0.2, 0.25) is 0 Å². The fourth-order valence-electron chi connectivity index (χ4n) is 4.39. The Morgan fingerprint density at radius 1 is 0.667 bits per heavy atom. The molecular formula is C34H42O5. The van der Waals surface area contributed by atoms with Crippen LogP contribution in [0.5, 0.6) is 17.2 Å². The van der Waals surface area contributed by atoms with E-state index in [0.717, 1.165) is 55.4 Å². The number of benzene rings is 3. The molecule has 0 saturated heterocycles. The molecular weight excluding hydrogens is 488 g/mol. The Balaban J connectivity index is 1.58. The van der Waals surface area contributed by atoms with Gasteiger partial charge in [0.25, 0.3) is 0 Å². The van der Waals surface area contributed by atoms with Gasteiger partial charge >= 0.3 is 11.9 Å². The summed E-state index contributed by atoms with van der Waals surface area (Å²) in [5.74, 6) is 1.06. The maximum Gasteiger partial charge on any atom is 0.344 e. The topological polar surface area (TPSA) is 61.8 Å². The Morgan fingerprint density at radius 3 is 1.95 bits per heavy atom. The molecule has 1 unspecified atom stereocenters. The third kappa shape index (κ3) is 10.2. The number of esters is 2. The molecule has 3 aromatic carbocycles. The van der Waals surface area contributed by atoms with Gasteiger partial charge < -0.3 is 14.2 Å². The Bertz CT molecular complexity index is 1150. The lowest BCUT2D eigenvalue weighted by Crippen LogP contribution is -2.12. The van der Waals surface area contributed by atoms with E-state index in [1.165, 1.54) is 19.3 Å². The Labute approximate surface area is 233 Å². The van der Waals surface area contributed by atoms with E-state index in [2.05, 4.69) is 20.8 Å². The van der Waals surface area contributed by atoms with Crippen molar-refractivity contribution in [2.24, 2.45) is 0 Å². The van der Waals surface area contributed by atoms with Crippen LogP contribution < -0.4 is 14.2 Å². The molecule has 0 fully saturated rings. The van der Waals surface area contributed by atoms with Gasteiger partial charge in [0.15, 0.2) is 0 Å². The normalized spacial score (nSPS) is 11.6. The molecule has 5 nitrogen and oxygen atoms in total. The molecule has 208 valence electrons. The second kappa shape index (κ2) is 16.4. The number of carbonyl (C=O) groups excluding carboxylic acids is 2. The Morgan fingerprint density at radius 2 is 1.26 bits per heavy atom. The van der Waals surface area contributed by atoms with E-state index in [1.54, 1.807) is 30.3 Å². The lowest BCUT2D eigenvalue weighted by atomic mass is 9.99. The van der Waals surface area contributed by atoms with Crippen molar-refractivity contribution in [2.45, 2.75) is 91.1 Å². The minimum atomic E-state index is -0.439. The number of hydrogen-bond donors (Lipinski definition) is 0. The van der Waals surface area contributed by atoms with E-state index < -0.39 is 5.97 Å². The number of hydrogen-bond acceptors (Lipinski definition) is 5. The third-order valence-electron chi connectivity index (χ3n) is 6.61. The van der Waals surface area contributed by atoms with Gasteiger partial charge in [0.1, 0.15) is 17.2 Å². The van der Waals surface area contributed by atoms with Gasteiger partial charge in [0.2, 0.25) is 0 Å². The molecule has 0 aliphatic heterocycles. The molecule has 39 heavy (non-hydrogen) atoms. The average Bonchev–Trinajstić information content (AvgIpc) is 2.95. The van der Waals surface area contributed by atoms with Gasteiger partial charge in [-0.05, 0) is 79.8 Å². The molecule has 0 heterocycles. The van der Waals surface area contributed by atoms with Crippen LogP contribution in [0.25, 0.3) is 11.1 Å². The predicted molar refractivity (Wildman–Crippen MR) is 157 cm³/mol. The lowest BCUT2D eigenvalue weighted by Gasteiger charge is -2.15. The summed E-state index contributed by atoms with van der Waals surface area (Å²) in [6.45, 7) is 6.44. The van der Waals surface area contributed by atoms with E-state index in [0.29, 0.717) is 23.5 Å². The molecule has 0 saturated carbocycles. The van der Waals surface area contributed by atoms with Gasteiger partial charge in [-0.25, -0.2) is 4.79 Å². The first-order chi connectivity index (χ1) is 19.0. The van der Waals surface area contributed by atoms with Crippen molar-refractivity contribution in [3.63, 3.8) is 0 Å². The van der Waals surface area contributed by atoms with E-state index in [1.807, 2.05) is 42.5 Å². The van der Waals surface area contributed by atoms with E-state index in [9.17, 15) is 9.59 Å². The van der Waals surface area contributed by atoms with Crippen molar-refractivity contribution >= 4 is 11.9 Å². The summed E-state index contributed by atoms with van der Waals surface area (Å²) < 4.78 is 17.2. The van der Waals surface area contributed by atoms with Crippen molar-refractivity contribution in [1.82, 2.24) is 0 Å². The largest absolute Gasteiger partial charge is 0.491 e. The summed E-state index contributed by atoms with van der Waals surface area (Å²) in [5.41, 5.74) is 2.04. The van der Waals surface area contributed by atoms with Crippen LogP contribution in [0.15, 0.2) is 72.8 Å². The molecule has 1 atom stereocenters. The maximum absolute atomic E-state index is 13.1. The molecule has 3 aromatic rings. The second-order valence-electron chi connectivity index (χ2n) is 9.99. The summed E-state index contributed by atoms with van der Waals surface area (Å²) in [6, 6.07) is 21.7. The molecule has 0 radical (unpaired) electrons. The molecule has 3 rings (SSSR count). The monoisotopic (exact) mass is 530 g/mol. The van der Waals surface area contributed by atoms with Crippen LogP contribution in [-0.4, -0.2) is 18.0 Å². The van der Waals surface area contributed by atoms with Gasteiger partial charge in [-0.15, -0.1) is 0 Å². The Hall–Kier alpha value is -3.60. The molecule has 0 aliphatic rings. The fraction of sp³-hybridized carbons (Fsp3) is 0.412. The number of unbranched alkanes of at least 4 members (excludes halogenated alkanes) is 6. The number of carbonyl (C=O) groups is 2. The summed E-state index contributed by atoms with van der Waals surface area (Å²) in [5, 5.41) is 0. The first-order valence-corrected chi connectivity index (χ1v) is 14.4. The second-order valence-corrected chi connectivity index (χ2v) is 9.99. The molecule has 0 bridgehead atoms. The third-order valence-corrected chi connectivity index (χ3v) is 6.61. The standard InChI is InChI=1S/C34H42O5/c1-4-6-8-10-14-26(3)37-28-22-24-30(25-23-28)39-34(36)32-16-13-12-15-31(32)27-18-20-29(21-19-27)38-33(35)17-11-9-7-5-2/h12-13,15-16,18-26H,4-11,14,17H2,1-3H3. The number of ether oxygens (including phenoxy) is 3. The maximum atomic E-state index is 13.1. The SMILES string of the molecule is CCCCCCC(=O)Oc1ccc(-c2ccccc2C(=O)Oc2ccc(OC(C)CCCCCC)cc2)cc1. The van der Waals surface area contributed by atoms with Crippen LogP contribution in [0.4, 0.5) is 0 Å². The predicted octanol–water partition coefficient (Wildman–Crippen LogP) is 9.19. The highest BCUT2D eigenvalue weighted by molar-refractivity contribution is 5.98. The minimum Gasteiger partial charge on any atom is -0.491 e. The van der Waals surface area contributed by atoms with Crippen LogP contribution >= 0.6 is 0 Å². The first kappa shape index (κ1) is 29.9. The molecule has 0 N–H and O–H groups in total. The highest BCUT2D eigenvalue weighted by Gasteiger charge is 2.15. The van der Waals surface area contributed by atoms with Crippen molar-refractivity contribution in [3.05, 3.63) is 78.4 Å². The summed E-state index contributed by atoms with van der Waals surface area (Å²) in [7, 11) is 0. The van der Waals surface area contributed by atoms with Gasteiger partial charge in [-0.3, -0.25) is 4.79 Å². The van der Waals surface area contributed by atoms with E-state index in [-0.39, 0.29) is 12.1 Å². The van der Waals surface area contributed by atoms with Crippen molar-refractivity contribution < 1.29 is 23.8 Å². The molecule has 0 aliphatic carbocycles. The lowest BCUT2D eigenvalue weighted by molar-refractivity contribution is -0.134. The zero-order valence-corrected chi connectivity index (χ0v) is 23.6. The number of rotatable bonds is 16. The summed E-state index contributed by atoms with van der Waals surface area (Å²) >= 11 is 0. The summed E-state index contributed by atoms with van der Waals surface area (Å²) in [6.07, 6.45) is 10.6. The van der Waals surface area contributed by atoms with Crippen molar-refractivity contribution in [2.75, 3.05) is 0 Å². The Kier molecular flexibility index (Phi) is 12.6. The van der Waals surface area contributed by atoms with Gasteiger partial charge in [-0.1, -0.05) is 82.7 Å². The molecule has 0 amide bonds. The zero-order chi connectivity index (χ0) is 27.9. The van der Waals surface area contributed by atoms with Gasteiger partial charge in [0.05, 0.1) is 11.7 Å². The minimum absolute atomic E-state index is 0.142. The van der Waals surface area contributed by atoms with Gasteiger partial charge in [0, 0.05) is 6.42 Å². The van der Waals surface area contributed by atoms with Crippen LogP contribution in [-0.2, 0) is 4.79 Å². The average molecular weight is 531 g/mol. The van der Waals surface area contributed by atoms with Crippen LogP contribution in [0.1, 0.15) is 95.3 Å². The first-order valence-electron chi connectivity index (χ1n) is 14.4. The fourth-order valence-corrected chi connectivity index (χ4v) is 4.39. The summed E-state index contributed by atoms with van der Waals surface area (Å²) in [4.78, 5) is 25.2.